The third kappa shape index (κ3) is 3.34. The number of hydrogen-bond donors (Lipinski definition) is 1. The van der Waals surface area contributed by atoms with Crippen molar-refractivity contribution in [3.8, 4) is 0 Å². The van der Waals surface area contributed by atoms with Crippen molar-refractivity contribution in [2.75, 3.05) is 27.7 Å². The molecule has 2 aromatic rings. The molecule has 2 aromatic carbocycles. The van der Waals surface area contributed by atoms with E-state index in [9.17, 15) is 0 Å². The third-order valence-electron chi connectivity index (χ3n) is 3.70. The van der Waals surface area contributed by atoms with Crippen molar-refractivity contribution in [3.05, 3.63) is 47.5 Å². The fourth-order valence-corrected chi connectivity index (χ4v) is 2.59. The van der Waals surface area contributed by atoms with Gasteiger partial charge in [-0.2, -0.15) is 0 Å². The molecule has 0 saturated heterocycles. The second-order valence-electron chi connectivity index (χ2n) is 5.48. The summed E-state index contributed by atoms with van der Waals surface area (Å²) in [7, 11) is 6.31. The van der Waals surface area contributed by atoms with Crippen LogP contribution in [0.4, 0.5) is 0 Å². The number of aryl methyl sites for hydroxylation is 1. The van der Waals surface area contributed by atoms with Gasteiger partial charge in [0.25, 0.3) is 0 Å². The van der Waals surface area contributed by atoms with E-state index in [0.29, 0.717) is 6.04 Å². The van der Waals surface area contributed by atoms with Crippen LogP contribution in [-0.4, -0.2) is 32.6 Å². The third-order valence-corrected chi connectivity index (χ3v) is 3.70. The lowest BCUT2D eigenvalue weighted by atomic mass is 9.98. The zero-order valence-corrected chi connectivity index (χ0v) is 12.4. The van der Waals surface area contributed by atoms with E-state index in [4.69, 9.17) is 0 Å². The zero-order valence-electron chi connectivity index (χ0n) is 12.4. The van der Waals surface area contributed by atoms with Gasteiger partial charge >= 0.3 is 0 Å². The molecule has 0 fully saturated rings. The van der Waals surface area contributed by atoms with Gasteiger partial charge in [-0.1, -0.05) is 35.9 Å². The fraction of sp³-hybridized carbons (Fsp3) is 0.412. The SMILES string of the molecule is CNCCC(c1ccc2cc(C)ccc2c1)N(C)C. The second-order valence-corrected chi connectivity index (χ2v) is 5.48. The molecule has 19 heavy (non-hydrogen) atoms. The summed E-state index contributed by atoms with van der Waals surface area (Å²) >= 11 is 0. The van der Waals surface area contributed by atoms with Gasteiger partial charge in [-0.3, -0.25) is 0 Å². The molecule has 0 aliphatic carbocycles. The Hall–Kier alpha value is -1.38. The van der Waals surface area contributed by atoms with E-state index in [2.05, 4.69) is 67.6 Å². The molecule has 0 bridgehead atoms. The molecule has 2 heteroatoms. The number of nitrogens with one attached hydrogen (secondary N) is 1. The number of nitrogens with zero attached hydrogens (tertiary/aromatic N) is 1. The molecule has 1 N–H and O–H groups in total. The molecule has 0 heterocycles. The summed E-state index contributed by atoms with van der Waals surface area (Å²) in [6.07, 6.45) is 1.13. The standard InChI is InChI=1S/C17H24N2/c1-13-5-6-15-12-16(8-7-14(15)11-13)17(19(3)4)9-10-18-2/h5-8,11-12,17-18H,9-10H2,1-4H3. The van der Waals surface area contributed by atoms with Crippen LogP contribution < -0.4 is 5.32 Å². The molecule has 0 spiro atoms. The smallest absolute Gasteiger partial charge is 0.0354 e. The first kappa shape index (κ1) is 14.0. The summed E-state index contributed by atoms with van der Waals surface area (Å²) in [5.74, 6) is 0. The van der Waals surface area contributed by atoms with Gasteiger partial charge < -0.3 is 10.2 Å². The van der Waals surface area contributed by atoms with Crippen LogP contribution in [0.1, 0.15) is 23.6 Å². The average molecular weight is 256 g/mol. The number of benzene rings is 2. The normalized spacial score (nSPS) is 13.1. The molecule has 2 nitrogen and oxygen atoms in total. The van der Waals surface area contributed by atoms with Gasteiger partial charge in [0.05, 0.1) is 0 Å². The predicted octanol–water partition coefficient (Wildman–Crippen LogP) is 3.36. The molecule has 1 unspecified atom stereocenters. The highest BCUT2D eigenvalue weighted by molar-refractivity contribution is 5.83. The molecule has 0 saturated carbocycles. The molecule has 0 radical (unpaired) electrons. The Labute approximate surface area is 116 Å². The van der Waals surface area contributed by atoms with E-state index in [1.807, 2.05) is 7.05 Å². The van der Waals surface area contributed by atoms with Gasteiger partial charge in [-0.05, 0) is 63.4 Å². The van der Waals surface area contributed by atoms with Gasteiger partial charge in [0, 0.05) is 6.04 Å². The van der Waals surface area contributed by atoms with Crippen LogP contribution in [0.3, 0.4) is 0 Å². The van der Waals surface area contributed by atoms with Crippen molar-refractivity contribution in [1.82, 2.24) is 10.2 Å². The van der Waals surface area contributed by atoms with Gasteiger partial charge in [-0.15, -0.1) is 0 Å². The summed E-state index contributed by atoms with van der Waals surface area (Å²) in [4.78, 5) is 2.30. The average Bonchev–Trinajstić information content (AvgIpc) is 2.39. The Balaban J connectivity index is 2.34. The minimum absolute atomic E-state index is 0.471. The van der Waals surface area contributed by atoms with Gasteiger partial charge in [0.2, 0.25) is 0 Å². The highest BCUT2D eigenvalue weighted by Gasteiger charge is 2.13. The molecule has 0 aromatic heterocycles. The first-order valence-corrected chi connectivity index (χ1v) is 6.93. The molecule has 0 aliphatic heterocycles. The number of rotatable bonds is 5. The quantitative estimate of drug-likeness (QED) is 0.882. The van der Waals surface area contributed by atoms with Gasteiger partial charge in [-0.25, -0.2) is 0 Å². The van der Waals surface area contributed by atoms with Crippen LogP contribution in [0.15, 0.2) is 36.4 Å². The van der Waals surface area contributed by atoms with Crippen LogP contribution in [-0.2, 0) is 0 Å². The second kappa shape index (κ2) is 6.18. The van der Waals surface area contributed by atoms with Crippen LogP contribution in [0.2, 0.25) is 0 Å². The van der Waals surface area contributed by atoms with E-state index in [1.54, 1.807) is 0 Å². The molecule has 2 rings (SSSR count). The van der Waals surface area contributed by atoms with E-state index in [0.717, 1.165) is 13.0 Å². The molecular weight excluding hydrogens is 232 g/mol. The maximum Gasteiger partial charge on any atom is 0.0354 e. The first-order valence-electron chi connectivity index (χ1n) is 6.93. The minimum atomic E-state index is 0.471. The predicted molar refractivity (Wildman–Crippen MR) is 83.7 cm³/mol. The summed E-state index contributed by atoms with van der Waals surface area (Å²) in [5, 5.41) is 5.90. The molecular formula is C17H24N2. The first-order chi connectivity index (χ1) is 9.11. The monoisotopic (exact) mass is 256 g/mol. The molecule has 0 aliphatic rings. The Kier molecular flexibility index (Phi) is 4.56. The number of fused-ring (bicyclic) bond motifs is 1. The van der Waals surface area contributed by atoms with Gasteiger partial charge in [0.15, 0.2) is 0 Å². The maximum absolute atomic E-state index is 3.24. The summed E-state index contributed by atoms with van der Waals surface area (Å²) in [6, 6.07) is 14.0. The van der Waals surface area contributed by atoms with Crippen LogP contribution >= 0.6 is 0 Å². The van der Waals surface area contributed by atoms with Crippen molar-refractivity contribution in [2.45, 2.75) is 19.4 Å². The molecule has 1 atom stereocenters. The lowest BCUT2D eigenvalue weighted by Crippen LogP contribution is -2.23. The van der Waals surface area contributed by atoms with E-state index < -0.39 is 0 Å². The van der Waals surface area contributed by atoms with Crippen molar-refractivity contribution in [2.24, 2.45) is 0 Å². The fourth-order valence-electron chi connectivity index (χ4n) is 2.59. The lowest BCUT2D eigenvalue weighted by Gasteiger charge is -2.25. The zero-order chi connectivity index (χ0) is 13.8. The summed E-state index contributed by atoms with van der Waals surface area (Å²) in [5.41, 5.74) is 2.72. The molecule has 102 valence electrons. The van der Waals surface area contributed by atoms with Crippen molar-refractivity contribution >= 4 is 10.8 Å². The molecule has 0 amide bonds. The summed E-state index contributed by atoms with van der Waals surface area (Å²) < 4.78 is 0. The minimum Gasteiger partial charge on any atom is -0.320 e. The van der Waals surface area contributed by atoms with E-state index in [1.165, 1.54) is 21.9 Å². The van der Waals surface area contributed by atoms with E-state index >= 15 is 0 Å². The topological polar surface area (TPSA) is 15.3 Å². The Morgan fingerprint density at radius 3 is 2.42 bits per heavy atom. The Bertz CT molecular complexity index is 546. The van der Waals surface area contributed by atoms with Crippen LogP contribution in [0, 0.1) is 6.92 Å². The summed E-state index contributed by atoms with van der Waals surface area (Å²) in [6.45, 7) is 3.18. The lowest BCUT2D eigenvalue weighted by molar-refractivity contribution is 0.283. The Morgan fingerprint density at radius 2 is 1.74 bits per heavy atom. The van der Waals surface area contributed by atoms with Crippen molar-refractivity contribution in [1.29, 1.82) is 0 Å². The van der Waals surface area contributed by atoms with Crippen molar-refractivity contribution in [3.63, 3.8) is 0 Å². The Morgan fingerprint density at radius 1 is 1.05 bits per heavy atom. The highest BCUT2D eigenvalue weighted by atomic mass is 15.1. The van der Waals surface area contributed by atoms with Gasteiger partial charge in [0.1, 0.15) is 0 Å². The number of hydrogen-bond acceptors (Lipinski definition) is 2. The largest absolute Gasteiger partial charge is 0.320 e. The van der Waals surface area contributed by atoms with Crippen LogP contribution in [0.25, 0.3) is 10.8 Å². The van der Waals surface area contributed by atoms with E-state index in [-0.39, 0.29) is 0 Å². The van der Waals surface area contributed by atoms with Crippen molar-refractivity contribution < 1.29 is 0 Å². The van der Waals surface area contributed by atoms with Crippen LogP contribution in [0.5, 0.6) is 0 Å². The highest BCUT2D eigenvalue weighted by Crippen LogP contribution is 2.26. The maximum atomic E-state index is 3.24.